The summed E-state index contributed by atoms with van der Waals surface area (Å²) in [5, 5.41) is 0.357. The Morgan fingerprint density at radius 1 is 1.08 bits per heavy atom. The minimum atomic E-state index is -4.81. The van der Waals surface area contributed by atoms with Gasteiger partial charge in [0, 0.05) is 29.6 Å². The molecule has 0 N–H and O–H groups in total. The van der Waals surface area contributed by atoms with Gasteiger partial charge in [-0.15, -0.1) is 13.2 Å². The van der Waals surface area contributed by atoms with Crippen molar-refractivity contribution in [2.75, 3.05) is 18.1 Å². The van der Waals surface area contributed by atoms with Gasteiger partial charge in [0.15, 0.2) is 0 Å². The number of amides is 1. The van der Waals surface area contributed by atoms with Crippen molar-refractivity contribution >= 4 is 34.0 Å². The molecule has 1 amide bonds. The average molecular weight is 546 g/mol. The Hall–Kier alpha value is -2.10. The van der Waals surface area contributed by atoms with Crippen LogP contribution in [0.4, 0.5) is 18.9 Å². The molecule has 0 aromatic heterocycles. The Kier molecular flexibility index (Phi) is 8.47. The molecule has 1 unspecified atom stereocenters. The summed E-state index contributed by atoms with van der Waals surface area (Å²) in [7, 11) is -1.62. The van der Waals surface area contributed by atoms with Crippen LogP contribution < -0.4 is 9.64 Å². The van der Waals surface area contributed by atoms with E-state index in [1.807, 2.05) is 40.7 Å². The first-order valence-electron chi connectivity index (χ1n) is 11.6. The van der Waals surface area contributed by atoms with Crippen LogP contribution in [-0.4, -0.2) is 35.7 Å². The number of carbonyl (C=O) groups is 1. The third kappa shape index (κ3) is 6.23. The zero-order chi connectivity index (χ0) is 26.9. The molecule has 2 aromatic rings. The smallest absolute Gasteiger partial charge is 0.406 e. The van der Waals surface area contributed by atoms with E-state index in [1.54, 1.807) is 17.0 Å². The molecule has 1 aliphatic rings. The maximum Gasteiger partial charge on any atom is 0.573 e. The van der Waals surface area contributed by atoms with Gasteiger partial charge in [-0.3, -0.25) is 9.00 Å². The van der Waals surface area contributed by atoms with E-state index in [0.717, 1.165) is 17.7 Å². The summed E-state index contributed by atoms with van der Waals surface area (Å²) >= 11 is 6.73. The van der Waals surface area contributed by atoms with Crippen molar-refractivity contribution in [2.24, 2.45) is 5.41 Å². The highest BCUT2D eigenvalue weighted by Gasteiger charge is 2.42. The predicted octanol–water partition coefficient (Wildman–Crippen LogP) is 6.84. The fourth-order valence-corrected chi connectivity index (χ4v) is 6.23. The molecular formula is C26H31ClF3NO4S. The second-order valence-electron chi connectivity index (χ2n) is 10.1. The lowest BCUT2D eigenvalue weighted by Crippen LogP contribution is -2.44. The van der Waals surface area contributed by atoms with Gasteiger partial charge in [-0.05, 0) is 68.7 Å². The van der Waals surface area contributed by atoms with E-state index in [1.165, 1.54) is 12.1 Å². The van der Waals surface area contributed by atoms with E-state index in [0.29, 0.717) is 41.7 Å². The van der Waals surface area contributed by atoms with E-state index < -0.39 is 27.3 Å². The fraction of sp³-hybridized carbons (Fsp3) is 0.500. The first-order valence-corrected chi connectivity index (χ1v) is 13.2. The third-order valence-corrected chi connectivity index (χ3v) is 8.39. The Morgan fingerprint density at radius 3 is 2.14 bits per heavy atom. The highest BCUT2D eigenvalue weighted by Crippen LogP contribution is 2.44. The van der Waals surface area contributed by atoms with Crippen molar-refractivity contribution in [3.05, 3.63) is 53.1 Å². The van der Waals surface area contributed by atoms with Crippen LogP contribution in [0.15, 0.2) is 47.4 Å². The van der Waals surface area contributed by atoms with Crippen LogP contribution in [0.3, 0.4) is 0 Å². The molecular weight excluding hydrogens is 515 g/mol. The second-order valence-corrected chi connectivity index (χ2v) is 12.3. The van der Waals surface area contributed by atoms with Crippen LogP contribution in [0.25, 0.3) is 0 Å². The highest BCUT2D eigenvalue weighted by molar-refractivity contribution is 7.86. The second kappa shape index (κ2) is 10.7. The van der Waals surface area contributed by atoms with E-state index >= 15 is 0 Å². The van der Waals surface area contributed by atoms with Gasteiger partial charge in [0.2, 0.25) is 5.91 Å². The molecule has 5 nitrogen and oxygen atoms in total. The number of carbonyl (C=O) groups excluding carboxylic acids is 1. The van der Waals surface area contributed by atoms with Crippen LogP contribution >= 0.6 is 11.6 Å². The summed E-state index contributed by atoms with van der Waals surface area (Å²) in [6, 6.07) is 10.3. The van der Waals surface area contributed by atoms with Gasteiger partial charge >= 0.3 is 6.36 Å². The normalized spacial score (nSPS) is 17.1. The lowest BCUT2D eigenvalue weighted by Gasteiger charge is -2.38. The summed E-state index contributed by atoms with van der Waals surface area (Å²) in [6.45, 7) is 10.1. The Morgan fingerprint density at radius 2 is 1.67 bits per heavy atom. The van der Waals surface area contributed by atoms with Gasteiger partial charge in [0.05, 0.1) is 26.3 Å². The van der Waals surface area contributed by atoms with E-state index in [4.69, 9.17) is 16.3 Å². The van der Waals surface area contributed by atoms with Gasteiger partial charge in [0.1, 0.15) is 5.75 Å². The van der Waals surface area contributed by atoms with E-state index in [9.17, 15) is 22.2 Å². The number of halogens is 4. The van der Waals surface area contributed by atoms with Gasteiger partial charge in [-0.2, -0.15) is 0 Å². The van der Waals surface area contributed by atoms with Crippen molar-refractivity contribution in [2.45, 2.75) is 69.5 Å². The fourth-order valence-electron chi connectivity index (χ4n) is 4.24. The summed E-state index contributed by atoms with van der Waals surface area (Å²) < 4.78 is 60.1. The van der Waals surface area contributed by atoms with Gasteiger partial charge < -0.3 is 14.4 Å². The lowest BCUT2D eigenvalue weighted by molar-refractivity contribution is -0.274. The van der Waals surface area contributed by atoms with Gasteiger partial charge in [0.25, 0.3) is 0 Å². The molecule has 1 aliphatic heterocycles. The minimum absolute atomic E-state index is 0.0716. The molecule has 1 heterocycles. The van der Waals surface area contributed by atoms with Crippen molar-refractivity contribution in [1.82, 2.24) is 0 Å². The number of ether oxygens (including phenoxy) is 2. The Labute approximate surface area is 217 Å². The Bertz CT molecular complexity index is 1110. The summed E-state index contributed by atoms with van der Waals surface area (Å²) in [4.78, 5) is 15.2. The van der Waals surface area contributed by atoms with Gasteiger partial charge in [-0.1, -0.05) is 38.4 Å². The topological polar surface area (TPSA) is 55.8 Å². The molecule has 0 saturated carbocycles. The molecule has 3 rings (SSSR count). The molecule has 1 fully saturated rings. The summed E-state index contributed by atoms with van der Waals surface area (Å²) in [6.07, 6.45) is -3.94. The molecule has 0 bridgehead atoms. The first-order chi connectivity index (χ1) is 16.7. The van der Waals surface area contributed by atoms with Crippen molar-refractivity contribution < 1.29 is 31.6 Å². The number of anilines is 1. The maximum atomic E-state index is 13.9. The number of hydrogen-bond donors (Lipinski definition) is 0. The van der Waals surface area contributed by atoms with Crippen molar-refractivity contribution in [3.8, 4) is 5.75 Å². The minimum Gasteiger partial charge on any atom is -0.406 e. The molecule has 1 saturated heterocycles. The van der Waals surface area contributed by atoms with E-state index in [-0.39, 0.29) is 17.7 Å². The van der Waals surface area contributed by atoms with E-state index in [2.05, 4.69) is 4.74 Å². The van der Waals surface area contributed by atoms with Crippen LogP contribution in [0.5, 0.6) is 5.75 Å². The SMILES string of the molecule is CC(C)N(C(=O)C(C)(C)C)c1ccc(C2(S(=O)c3ccc(OC(F)(F)F)cc3)CCOCC2)cc1Cl. The summed E-state index contributed by atoms with van der Waals surface area (Å²) in [5.74, 6) is -0.452. The average Bonchev–Trinajstić information content (AvgIpc) is 2.79. The van der Waals surface area contributed by atoms with Crippen molar-refractivity contribution in [1.29, 1.82) is 0 Å². The summed E-state index contributed by atoms with van der Waals surface area (Å²) in [5.41, 5.74) is 0.676. The quantitative estimate of drug-likeness (QED) is 0.399. The number of nitrogens with zero attached hydrogens (tertiary/aromatic N) is 1. The molecule has 2 aromatic carbocycles. The van der Waals surface area contributed by atoms with Gasteiger partial charge in [-0.25, -0.2) is 0 Å². The largest absolute Gasteiger partial charge is 0.573 e. The molecule has 198 valence electrons. The Balaban J connectivity index is 2.00. The first kappa shape index (κ1) is 28.5. The number of hydrogen-bond acceptors (Lipinski definition) is 4. The zero-order valence-electron chi connectivity index (χ0n) is 20.9. The third-order valence-electron chi connectivity index (χ3n) is 6.04. The number of rotatable bonds is 6. The number of benzene rings is 2. The zero-order valence-corrected chi connectivity index (χ0v) is 22.5. The molecule has 36 heavy (non-hydrogen) atoms. The maximum absolute atomic E-state index is 13.9. The molecule has 1 atom stereocenters. The van der Waals surface area contributed by atoms with Crippen LogP contribution in [0.2, 0.25) is 5.02 Å². The lowest BCUT2D eigenvalue weighted by atomic mass is 9.89. The standard InChI is InChI=1S/C26H31ClF3NO4S/c1-17(2)31(23(32)24(3,4)5)22-11-6-18(16-21(22)27)25(12-14-34-15-13-25)36(33)20-9-7-19(8-10-20)35-26(28,29)30/h6-11,16-17H,12-15H2,1-5H3. The van der Waals surface area contributed by atoms with Crippen molar-refractivity contribution in [3.63, 3.8) is 0 Å². The van der Waals surface area contributed by atoms with Crippen LogP contribution in [0.1, 0.15) is 53.0 Å². The van der Waals surface area contributed by atoms with Crippen LogP contribution in [-0.2, 0) is 25.1 Å². The highest BCUT2D eigenvalue weighted by atomic mass is 35.5. The molecule has 10 heteroatoms. The monoisotopic (exact) mass is 545 g/mol. The number of alkyl halides is 3. The molecule has 0 radical (unpaired) electrons. The van der Waals surface area contributed by atoms with Crippen LogP contribution in [0, 0.1) is 5.41 Å². The predicted molar refractivity (Wildman–Crippen MR) is 135 cm³/mol. The molecule has 0 aliphatic carbocycles. The molecule has 0 spiro atoms.